The first-order valence-electron chi connectivity index (χ1n) is 6.15. The largest absolute Gasteiger partial charge is 0.406 e. The van der Waals surface area contributed by atoms with Crippen LogP contribution in [0.5, 0.6) is 0 Å². The Labute approximate surface area is 106 Å². The fourth-order valence-corrected chi connectivity index (χ4v) is 1.89. The first-order chi connectivity index (χ1) is 8.08. The second kappa shape index (κ2) is 5.07. The van der Waals surface area contributed by atoms with Crippen molar-refractivity contribution in [1.82, 2.24) is 10.2 Å². The average molecular weight is 266 g/mol. The van der Waals surface area contributed by atoms with Crippen molar-refractivity contribution in [3.63, 3.8) is 0 Å². The van der Waals surface area contributed by atoms with Gasteiger partial charge in [0.05, 0.1) is 5.54 Å². The van der Waals surface area contributed by atoms with E-state index in [4.69, 9.17) is 0 Å². The summed E-state index contributed by atoms with van der Waals surface area (Å²) in [5, 5.41) is 2.76. The number of hydrogen-bond acceptors (Lipinski definition) is 2. The van der Waals surface area contributed by atoms with Crippen LogP contribution in [0.1, 0.15) is 33.6 Å². The molecular weight excluding hydrogens is 245 g/mol. The number of alkyl halides is 3. The molecule has 0 spiro atoms. The second-order valence-corrected chi connectivity index (χ2v) is 5.50. The van der Waals surface area contributed by atoms with Crippen molar-refractivity contribution in [1.29, 1.82) is 0 Å². The van der Waals surface area contributed by atoms with Crippen molar-refractivity contribution in [2.75, 3.05) is 13.6 Å². The Morgan fingerprint density at radius 2 is 1.89 bits per heavy atom. The van der Waals surface area contributed by atoms with Gasteiger partial charge in [-0.25, -0.2) is 0 Å². The smallest absolute Gasteiger partial charge is 0.329 e. The van der Waals surface area contributed by atoms with Gasteiger partial charge in [0.25, 0.3) is 0 Å². The third kappa shape index (κ3) is 3.86. The van der Waals surface area contributed by atoms with Crippen LogP contribution in [0, 0.1) is 5.92 Å². The van der Waals surface area contributed by atoms with Crippen LogP contribution < -0.4 is 5.32 Å². The summed E-state index contributed by atoms with van der Waals surface area (Å²) < 4.78 is 37.8. The molecule has 106 valence electrons. The standard InChI is InChI=1S/C12H21F3N2O/c1-8(9-5-6-9)17(7-12(13,14)15)10(18)11(2,3)16-4/h8-9,16H,5-7H2,1-4H3. The Balaban J connectivity index is 2.86. The molecule has 1 rings (SSSR count). The Morgan fingerprint density at radius 3 is 2.22 bits per heavy atom. The summed E-state index contributed by atoms with van der Waals surface area (Å²) in [6.07, 6.45) is -2.55. The molecule has 1 N–H and O–H groups in total. The van der Waals surface area contributed by atoms with Crippen LogP contribution in [0.25, 0.3) is 0 Å². The van der Waals surface area contributed by atoms with Crippen molar-refractivity contribution >= 4 is 5.91 Å². The first-order valence-corrected chi connectivity index (χ1v) is 6.15. The summed E-state index contributed by atoms with van der Waals surface area (Å²) >= 11 is 0. The molecule has 0 bridgehead atoms. The number of halogens is 3. The number of carbonyl (C=O) groups excluding carboxylic acids is 1. The maximum atomic E-state index is 12.6. The van der Waals surface area contributed by atoms with Crippen molar-refractivity contribution in [2.24, 2.45) is 5.92 Å². The molecule has 1 atom stereocenters. The van der Waals surface area contributed by atoms with Gasteiger partial charge < -0.3 is 10.2 Å². The van der Waals surface area contributed by atoms with Crippen LogP contribution in [0.2, 0.25) is 0 Å². The van der Waals surface area contributed by atoms with Crippen LogP contribution in [0.4, 0.5) is 13.2 Å². The Bertz CT molecular complexity index is 311. The van der Waals surface area contributed by atoms with Crippen molar-refractivity contribution in [2.45, 2.75) is 51.4 Å². The molecule has 0 aromatic heterocycles. The van der Waals surface area contributed by atoms with Gasteiger partial charge in [-0.05, 0) is 46.6 Å². The Morgan fingerprint density at radius 1 is 1.39 bits per heavy atom. The minimum absolute atomic E-state index is 0.212. The van der Waals surface area contributed by atoms with Gasteiger partial charge in [-0.15, -0.1) is 0 Å². The van der Waals surface area contributed by atoms with Gasteiger partial charge >= 0.3 is 6.18 Å². The monoisotopic (exact) mass is 266 g/mol. The van der Waals surface area contributed by atoms with E-state index in [1.807, 2.05) is 0 Å². The minimum atomic E-state index is -4.36. The number of likely N-dealkylation sites (N-methyl/N-ethyl adjacent to an activating group) is 1. The highest BCUT2D eigenvalue weighted by atomic mass is 19.4. The molecule has 1 fully saturated rings. The fourth-order valence-electron chi connectivity index (χ4n) is 1.89. The van der Waals surface area contributed by atoms with E-state index >= 15 is 0 Å². The zero-order chi connectivity index (χ0) is 14.1. The third-order valence-corrected chi connectivity index (χ3v) is 3.57. The highest BCUT2D eigenvalue weighted by molar-refractivity contribution is 5.85. The van der Waals surface area contributed by atoms with E-state index in [0.717, 1.165) is 17.7 Å². The molecule has 1 aliphatic rings. The predicted octanol–water partition coefficient (Wildman–Crippen LogP) is 2.17. The average Bonchev–Trinajstić information content (AvgIpc) is 3.06. The highest BCUT2D eigenvalue weighted by Crippen LogP contribution is 2.36. The quantitative estimate of drug-likeness (QED) is 0.827. The predicted molar refractivity (Wildman–Crippen MR) is 63.1 cm³/mol. The van der Waals surface area contributed by atoms with Gasteiger partial charge in [-0.3, -0.25) is 4.79 Å². The van der Waals surface area contributed by atoms with Crippen LogP contribution in [-0.4, -0.2) is 42.2 Å². The van der Waals surface area contributed by atoms with Gasteiger partial charge in [0.2, 0.25) is 5.91 Å². The van der Waals surface area contributed by atoms with E-state index in [-0.39, 0.29) is 12.0 Å². The molecule has 0 radical (unpaired) electrons. The van der Waals surface area contributed by atoms with Gasteiger partial charge in [0, 0.05) is 6.04 Å². The topological polar surface area (TPSA) is 32.3 Å². The number of nitrogens with zero attached hydrogens (tertiary/aromatic N) is 1. The molecule has 1 aliphatic carbocycles. The maximum absolute atomic E-state index is 12.6. The Kier molecular flexibility index (Phi) is 4.30. The van der Waals surface area contributed by atoms with E-state index in [1.54, 1.807) is 27.8 Å². The highest BCUT2D eigenvalue weighted by Gasteiger charge is 2.43. The van der Waals surface area contributed by atoms with Crippen molar-refractivity contribution < 1.29 is 18.0 Å². The molecular formula is C12H21F3N2O. The number of nitrogens with one attached hydrogen (secondary N) is 1. The van der Waals surface area contributed by atoms with E-state index in [1.165, 1.54) is 0 Å². The number of amides is 1. The van der Waals surface area contributed by atoms with E-state index < -0.39 is 24.2 Å². The summed E-state index contributed by atoms with van der Waals surface area (Å²) in [4.78, 5) is 13.2. The van der Waals surface area contributed by atoms with E-state index in [2.05, 4.69) is 5.32 Å². The molecule has 6 heteroatoms. The van der Waals surface area contributed by atoms with Gasteiger partial charge in [-0.1, -0.05) is 0 Å². The molecule has 3 nitrogen and oxygen atoms in total. The molecule has 1 unspecified atom stereocenters. The van der Waals surface area contributed by atoms with Gasteiger partial charge in [-0.2, -0.15) is 13.2 Å². The lowest BCUT2D eigenvalue weighted by atomic mass is 10.0. The summed E-state index contributed by atoms with van der Waals surface area (Å²) in [5.74, 6) is -0.286. The zero-order valence-electron chi connectivity index (χ0n) is 11.3. The third-order valence-electron chi connectivity index (χ3n) is 3.57. The summed E-state index contributed by atoms with van der Waals surface area (Å²) in [7, 11) is 1.57. The van der Waals surface area contributed by atoms with Gasteiger partial charge in [0.1, 0.15) is 6.54 Å². The van der Waals surface area contributed by atoms with Crippen molar-refractivity contribution in [3.05, 3.63) is 0 Å². The lowest BCUT2D eigenvalue weighted by Crippen LogP contribution is -2.57. The molecule has 18 heavy (non-hydrogen) atoms. The van der Waals surface area contributed by atoms with E-state index in [0.29, 0.717) is 0 Å². The van der Waals surface area contributed by atoms with Crippen LogP contribution >= 0.6 is 0 Å². The zero-order valence-corrected chi connectivity index (χ0v) is 11.3. The molecule has 0 aliphatic heterocycles. The molecule has 1 amide bonds. The van der Waals surface area contributed by atoms with E-state index in [9.17, 15) is 18.0 Å². The summed E-state index contributed by atoms with van der Waals surface area (Å²) in [5.41, 5.74) is -0.978. The van der Waals surface area contributed by atoms with Crippen LogP contribution in [0.3, 0.4) is 0 Å². The minimum Gasteiger partial charge on any atom is -0.329 e. The first kappa shape index (κ1) is 15.3. The number of rotatable bonds is 5. The molecule has 0 saturated heterocycles. The second-order valence-electron chi connectivity index (χ2n) is 5.50. The molecule has 1 saturated carbocycles. The molecule has 0 heterocycles. The molecule has 0 aromatic carbocycles. The lowest BCUT2D eigenvalue weighted by Gasteiger charge is -2.36. The Hall–Kier alpha value is -0.780. The summed E-state index contributed by atoms with van der Waals surface area (Å²) in [6.45, 7) is 3.72. The SMILES string of the molecule is CNC(C)(C)C(=O)N(CC(F)(F)F)C(C)C1CC1. The summed E-state index contributed by atoms with van der Waals surface area (Å²) in [6, 6.07) is -0.355. The van der Waals surface area contributed by atoms with Gasteiger partial charge in [0.15, 0.2) is 0 Å². The molecule has 0 aromatic rings. The van der Waals surface area contributed by atoms with Crippen LogP contribution in [0.15, 0.2) is 0 Å². The normalized spacial score (nSPS) is 18.6. The number of hydrogen-bond donors (Lipinski definition) is 1. The lowest BCUT2D eigenvalue weighted by molar-refractivity contribution is -0.169. The fraction of sp³-hybridized carbons (Fsp3) is 0.917. The van der Waals surface area contributed by atoms with Crippen LogP contribution in [-0.2, 0) is 4.79 Å². The number of carbonyl (C=O) groups is 1. The van der Waals surface area contributed by atoms with Crippen molar-refractivity contribution in [3.8, 4) is 0 Å². The maximum Gasteiger partial charge on any atom is 0.406 e.